The molecule has 282 valence electrons. The van der Waals surface area contributed by atoms with E-state index < -0.39 is 5.41 Å². The Hall–Kier alpha value is -6.70. The van der Waals surface area contributed by atoms with Crippen LogP contribution in [0, 0.1) is 29.1 Å². The van der Waals surface area contributed by atoms with Crippen LogP contribution in [0.15, 0.2) is 164 Å². The first-order chi connectivity index (χ1) is 29.1. The highest BCUT2D eigenvalue weighted by Crippen LogP contribution is 2.61. The number of hydrogen-bond acceptors (Lipinski definition) is 4. The number of nitriles is 1. The molecule has 1 unspecified atom stereocenters. The van der Waals surface area contributed by atoms with Crippen molar-refractivity contribution < 1.29 is 0 Å². The zero-order valence-corrected chi connectivity index (χ0v) is 32.9. The Morgan fingerprint density at radius 1 is 0.458 bits per heavy atom. The Morgan fingerprint density at radius 2 is 1.02 bits per heavy atom. The van der Waals surface area contributed by atoms with Gasteiger partial charge < -0.3 is 0 Å². The summed E-state index contributed by atoms with van der Waals surface area (Å²) in [6, 6.07) is 61.2. The van der Waals surface area contributed by atoms with Gasteiger partial charge in [0.2, 0.25) is 0 Å². The monoisotopic (exact) mass is 758 g/mol. The lowest BCUT2D eigenvalue weighted by molar-refractivity contribution is -0.00519. The molecule has 0 amide bonds. The van der Waals surface area contributed by atoms with E-state index in [1.807, 2.05) is 60.7 Å². The topological polar surface area (TPSA) is 62.5 Å². The van der Waals surface area contributed by atoms with E-state index in [2.05, 4.69) is 109 Å². The molecule has 4 fully saturated rings. The van der Waals surface area contributed by atoms with Crippen LogP contribution in [0.2, 0.25) is 0 Å². The molecule has 0 spiro atoms. The summed E-state index contributed by atoms with van der Waals surface area (Å²) in [7, 11) is 0. The molecule has 4 saturated carbocycles. The molecule has 1 aromatic heterocycles. The number of nitrogens with zero attached hydrogens (tertiary/aromatic N) is 4. The number of rotatable bonds is 6. The third-order valence-electron chi connectivity index (χ3n) is 14.4. The quantitative estimate of drug-likeness (QED) is 0.169. The van der Waals surface area contributed by atoms with E-state index in [4.69, 9.17) is 15.0 Å². The van der Waals surface area contributed by atoms with E-state index in [1.165, 1.54) is 71.9 Å². The predicted molar refractivity (Wildman–Crippen MR) is 236 cm³/mol. The molecule has 4 nitrogen and oxygen atoms in total. The minimum Gasteiger partial charge on any atom is -0.208 e. The molecule has 0 radical (unpaired) electrons. The van der Waals surface area contributed by atoms with Crippen LogP contribution in [0.25, 0.3) is 56.1 Å². The summed E-state index contributed by atoms with van der Waals surface area (Å²) in [6.07, 6.45) is 8.46. The van der Waals surface area contributed by atoms with Crippen molar-refractivity contribution in [2.75, 3.05) is 0 Å². The fourth-order valence-electron chi connectivity index (χ4n) is 12.3. The third-order valence-corrected chi connectivity index (χ3v) is 14.4. The van der Waals surface area contributed by atoms with Crippen LogP contribution in [0.4, 0.5) is 0 Å². The molecule has 0 N–H and O–H groups in total. The van der Waals surface area contributed by atoms with Crippen LogP contribution < -0.4 is 0 Å². The summed E-state index contributed by atoms with van der Waals surface area (Å²) in [5.74, 6) is 4.57. The lowest BCUT2D eigenvalue weighted by atomic mass is 9.48. The van der Waals surface area contributed by atoms with Crippen molar-refractivity contribution >= 4 is 10.8 Å². The van der Waals surface area contributed by atoms with Crippen molar-refractivity contribution in [2.24, 2.45) is 17.8 Å². The van der Waals surface area contributed by atoms with E-state index >= 15 is 0 Å². The van der Waals surface area contributed by atoms with Gasteiger partial charge in [-0.15, -0.1) is 0 Å². The molecule has 0 saturated heterocycles. The van der Waals surface area contributed by atoms with Crippen molar-refractivity contribution in [1.29, 1.82) is 5.26 Å². The van der Waals surface area contributed by atoms with Gasteiger partial charge in [-0.1, -0.05) is 146 Å². The van der Waals surface area contributed by atoms with E-state index in [9.17, 15) is 5.26 Å². The average molecular weight is 759 g/mol. The van der Waals surface area contributed by atoms with Crippen molar-refractivity contribution in [3.63, 3.8) is 0 Å². The van der Waals surface area contributed by atoms with Crippen molar-refractivity contribution in [2.45, 2.75) is 49.4 Å². The van der Waals surface area contributed by atoms with Gasteiger partial charge in [0.25, 0.3) is 0 Å². The normalized spacial score (nSPS) is 23.5. The first-order valence-electron chi connectivity index (χ1n) is 21.2. The minimum atomic E-state index is -0.488. The van der Waals surface area contributed by atoms with Gasteiger partial charge in [-0.25, -0.2) is 15.0 Å². The first kappa shape index (κ1) is 34.4. The molecule has 4 heteroatoms. The standard InChI is InChI=1S/C55H42N4/c56-34-42-13-9-12-39-29-40(18-24-46(39)42)52-57-51(38-10-3-1-4-11-38)58-53(59-52)41-19-25-50-48(30-41)47-16-7-8-17-49(47)55(50,44-14-5-2-6-15-44)45-22-20-43(21-23-45)54-31-35-26-36(32-54)28-37(27-35)33-54/h1-25,29-30,35-37H,26-28,31-33H2. The lowest BCUT2D eigenvalue weighted by Crippen LogP contribution is -2.48. The molecule has 59 heavy (non-hydrogen) atoms. The maximum atomic E-state index is 9.75. The lowest BCUT2D eigenvalue weighted by Gasteiger charge is -2.57. The molecule has 13 rings (SSSR count). The van der Waals surface area contributed by atoms with Crippen molar-refractivity contribution in [1.82, 2.24) is 15.0 Å². The molecule has 8 aromatic rings. The SMILES string of the molecule is N#Cc1cccc2cc(-c3nc(-c4ccccc4)nc(-c4ccc5c(c4)-c4ccccc4C5(c4ccccc4)c4ccc(C56CC7CC(CC(C7)C5)C6)cc4)n3)ccc12. The Balaban J connectivity index is 1.02. The van der Waals surface area contributed by atoms with Gasteiger partial charge in [-0.05, 0) is 130 Å². The van der Waals surface area contributed by atoms with Crippen LogP contribution in [-0.4, -0.2) is 15.0 Å². The molecule has 4 bridgehead atoms. The molecular formula is C55H42N4. The Kier molecular flexibility index (Phi) is 7.66. The van der Waals surface area contributed by atoms with Crippen LogP contribution in [0.1, 0.15) is 71.9 Å². The molecule has 1 heterocycles. The maximum Gasteiger partial charge on any atom is 0.164 e. The van der Waals surface area contributed by atoms with Gasteiger partial charge in [0.1, 0.15) is 0 Å². The van der Waals surface area contributed by atoms with Gasteiger partial charge in [0, 0.05) is 16.7 Å². The number of aromatic nitrogens is 3. The molecule has 5 aliphatic rings. The minimum absolute atomic E-state index is 0.349. The summed E-state index contributed by atoms with van der Waals surface area (Å²) in [4.78, 5) is 15.4. The fourth-order valence-corrected chi connectivity index (χ4v) is 12.3. The first-order valence-corrected chi connectivity index (χ1v) is 21.2. The van der Waals surface area contributed by atoms with E-state index in [0.29, 0.717) is 28.5 Å². The fraction of sp³-hybridized carbons (Fsp3) is 0.200. The maximum absolute atomic E-state index is 9.75. The summed E-state index contributed by atoms with van der Waals surface area (Å²) in [6.45, 7) is 0. The smallest absolute Gasteiger partial charge is 0.164 e. The van der Waals surface area contributed by atoms with E-state index in [1.54, 1.807) is 5.56 Å². The van der Waals surface area contributed by atoms with Crippen LogP contribution >= 0.6 is 0 Å². The van der Waals surface area contributed by atoms with Crippen LogP contribution in [0.5, 0.6) is 0 Å². The number of benzene rings is 7. The summed E-state index contributed by atoms with van der Waals surface area (Å²) < 4.78 is 0. The van der Waals surface area contributed by atoms with Gasteiger partial charge >= 0.3 is 0 Å². The second kappa shape index (κ2) is 13.2. The second-order valence-corrected chi connectivity index (χ2v) is 17.7. The van der Waals surface area contributed by atoms with Gasteiger partial charge in [-0.2, -0.15) is 5.26 Å². The third kappa shape index (κ3) is 5.31. The van der Waals surface area contributed by atoms with Gasteiger partial charge in [0.05, 0.1) is 17.0 Å². The van der Waals surface area contributed by atoms with Gasteiger partial charge in [-0.3, -0.25) is 0 Å². The van der Waals surface area contributed by atoms with Crippen LogP contribution in [0.3, 0.4) is 0 Å². The number of hydrogen-bond donors (Lipinski definition) is 0. The van der Waals surface area contributed by atoms with Gasteiger partial charge in [0.15, 0.2) is 17.5 Å². The zero-order chi connectivity index (χ0) is 39.1. The zero-order valence-electron chi connectivity index (χ0n) is 32.9. The molecule has 0 aliphatic heterocycles. The predicted octanol–water partition coefficient (Wildman–Crippen LogP) is 12.7. The van der Waals surface area contributed by atoms with E-state index in [0.717, 1.165) is 45.2 Å². The Morgan fingerprint density at radius 3 is 1.71 bits per heavy atom. The Bertz CT molecular complexity index is 2950. The van der Waals surface area contributed by atoms with E-state index in [-0.39, 0.29) is 0 Å². The summed E-state index contributed by atoms with van der Waals surface area (Å²) in [5, 5.41) is 11.6. The molecular weight excluding hydrogens is 717 g/mol. The average Bonchev–Trinajstić information content (AvgIpc) is 3.59. The Labute approximate surface area is 345 Å². The van der Waals surface area contributed by atoms with Crippen molar-refractivity contribution in [3.8, 4) is 51.4 Å². The molecule has 7 aromatic carbocycles. The van der Waals surface area contributed by atoms with Crippen LogP contribution in [-0.2, 0) is 10.8 Å². The highest BCUT2D eigenvalue weighted by atomic mass is 15.0. The summed E-state index contributed by atoms with van der Waals surface area (Å²) in [5.41, 5.74) is 12.4. The molecule has 1 atom stereocenters. The van der Waals surface area contributed by atoms with Crippen molar-refractivity contribution in [3.05, 3.63) is 197 Å². The second-order valence-electron chi connectivity index (χ2n) is 17.7. The highest BCUT2D eigenvalue weighted by Gasteiger charge is 2.52. The highest BCUT2D eigenvalue weighted by molar-refractivity contribution is 5.91. The summed E-state index contributed by atoms with van der Waals surface area (Å²) >= 11 is 0. The molecule has 5 aliphatic carbocycles. The largest absolute Gasteiger partial charge is 0.208 e. The number of fused-ring (bicyclic) bond motifs is 4.